The van der Waals surface area contributed by atoms with Gasteiger partial charge in [0.15, 0.2) is 0 Å². The van der Waals surface area contributed by atoms with Crippen LogP contribution in [-0.2, 0) is 6.42 Å². The number of hydrogen-bond donors (Lipinski definition) is 2. The molecule has 152 valence electrons. The van der Waals surface area contributed by atoms with Gasteiger partial charge in [0.2, 0.25) is 0 Å². The third kappa shape index (κ3) is 5.26. The second-order valence-electron chi connectivity index (χ2n) is 6.28. The smallest absolute Gasteiger partial charge is 0.314 e. The number of carbonyl (C=O) groups excluding carboxylic acids is 1. The van der Waals surface area contributed by atoms with Gasteiger partial charge in [-0.05, 0) is 61.0 Å². The summed E-state index contributed by atoms with van der Waals surface area (Å²) in [5.74, 6) is 1.62. The molecular formula is C22H25N3O3S. The highest BCUT2D eigenvalue weighted by Gasteiger charge is 2.15. The summed E-state index contributed by atoms with van der Waals surface area (Å²) in [6.45, 7) is 3.03. The zero-order chi connectivity index (χ0) is 20.6. The van der Waals surface area contributed by atoms with Crippen molar-refractivity contribution < 1.29 is 14.3 Å². The molecule has 6 nitrogen and oxygen atoms in total. The van der Waals surface area contributed by atoms with E-state index in [0.29, 0.717) is 19.5 Å². The number of hydrogen-bond acceptors (Lipinski definition) is 5. The molecule has 1 heterocycles. The van der Waals surface area contributed by atoms with Gasteiger partial charge in [0, 0.05) is 25.1 Å². The zero-order valence-corrected chi connectivity index (χ0v) is 17.6. The summed E-state index contributed by atoms with van der Waals surface area (Å²) in [6.07, 6.45) is 0.668. The summed E-state index contributed by atoms with van der Waals surface area (Å²) in [5.41, 5.74) is 3.03. The lowest BCUT2D eigenvalue weighted by Gasteiger charge is -2.05. The van der Waals surface area contributed by atoms with E-state index in [2.05, 4.69) is 10.6 Å². The van der Waals surface area contributed by atoms with Crippen molar-refractivity contribution in [2.75, 3.05) is 27.3 Å². The summed E-state index contributed by atoms with van der Waals surface area (Å²) < 4.78 is 10.5. The fourth-order valence-corrected chi connectivity index (χ4v) is 3.95. The van der Waals surface area contributed by atoms with E-state index >= 15 is 0 Å². The fraction of sp³-hybridized carbons (Fsp3) is 0.273. The third-order valence-electron chi connectivity index (χ3n) is 4.35. The van der Waals surface area contributed by atoms with Gasteiger partial charge in [-0.1, -0.05) is 0 Å². The first-order valence-corrected chi connectivity index (χ1v) is 10.3. The molecule has 0 aliphatic heterocycles. The number of benzene rings is 2. The number of rotatable bonds is 8. The van der Waals surface area contributed by atoms with Crippen molar-refractivity contribution in [1.29, 1.82) is 0 Å². The van der Waals surface area contributed by atoms with E-state index in [-0.39, 0.29) is 6.03 Å². The van der Waals surface area contributed by atoms with Crippen molar-refractivity contribution in [3.8, 4) is 33.2 Å². The minimum Gasteiger partial charge on any atom is -0.497 e. The van der Waals surface area contributed by atoms with Gasteiger partial charge in [-0.2, -0.15) is 0 Å². The van der Waals surface area contributed by atoms with E-state index in [1.165, 1.54) is 0 Å². The molecule has 0 aliphatic carbocycles. The Kier molecular flexibility index (Phi) is 7.08. The molecule has 0 aliphatic rings. The van der Waals surface area contributed by atoms with Gasteiger partial charge in [-0.15, -0.1) is 11.3 Å². The molecule has 0 radical (unpaired) electrons. The Balaban J connectivity index is 1.88. The molecule has 1 aromatic heterocycles. The van der Waals surface area contributed by atoms with E-state index in [0.717, 1.165) is 38.2 Å². The number of aromatic nitrogens is 1. The molecule has 0 bridgehead atoms. The largest absolute Gasteiger partial charge is 0.497 e. The van der Waals surface area contributed by atoms with Crippen LogP contribution in [0.25, 0.3) is 21.7 Å². The number of carbonyl (C=O) groups is 1. The minimum absolute atomic E-state index is 0.158. The van der Waals surface area contributed by atoms with Gasteiger partial charge < -0.3 is 20.1 Å². The number of nitrogens with one attached hydrogen (secondary N) is 2. The summed E-state index contributed by atoms with van der Waals surface area (Å²) in [7, 11) is 3.31. The van der Waals surface area contributed by atoms with Gasteiger partial charge in [-0.3, -0.25) is 0 Å². The van der Waals surface area contributed by atoms with Crippen LogP contribution in [0.15, 0.2) is 48.5 Å². The van der Waals surface area contributed by atoms with Crippen LogP contribution >= 0.6 is 11.3 Å². The predicted molar refractivity (Wildman–Crippen MR) is 117 cm³/mol. The van der Waals surface area contributed by atoms with E-state index in [9.17, 15) is 4.79 Å². The zero-order valence-electron chi connectivity index (χ0n) is 16.8. The number of nitrogens with zero attached hydrogens (tertiary/aromatic N) is 1. The molecular weight excluding hydrogens is 386 g/mol. The Hall–Kier alpha value is -3.06. The van der Waals surface area contributed by atoms with Crippen molar-refractivity contribution in [2.45, 2.75) is 13.3 Å². The van der Waals surface area contributed by atoms with Crippen LogP contribution in [0, 0.1) is 0 Å². The number of amides is 2. The van der Waals surface area contributed by atoms with Gasteiger partial charge in [0.05, 0.1) is 29.8 Å². The normalized spacial score (nSPS) is 10.4. The quantitative estimate of drug-likeness (QED) is 0.578. The highest BCUT2D eigenvalue weighted by molar-refractivity contribution is 7.15. The maximum atomic E-state index is 11.6. The third-order valence-corrected chi connectivity index (χ3v) is 5.51. The first-order valence-electron chi connectivity index (χ1n) is 9.44. The van der Waals surface area contributed by atoms with Crippen LogP contribution in [0.3, 0.4) is 0 Å². The molecule has 0 saturated heterocycles. The van der Waals surface area contributed by atoms with Gasteiger partial charge >= 0.3 is 6.03 Å². The molecule has 7 heteroatoms. The monoisotopic (exact) mass is 411 g/mol. The lowest BCUT2D eigenvalue weighted by atomic mass is 10.1. The second kappa shape index (κ2) is 9.93. The average Bonchev–Trinajstić information content (AvgIpc) is 3.18. The number of ether oxygens (including phenoxy) is 2. The molecule has 0 fully saturated rings. The Morgan fingerprint density at radius 3 is 2.07 bits per heavy atom. The van der Waals surface area contributed by atoms with E-state index in [1.807, 2.05) is 55.5 Å². The molecule has 0 atom stereocenters. The average molecular weight is 412 g/mol. The summed E-state index contributed by atoms with van der Waals surface area (Å²) in [5, 5.41) is 6.56. The van der Waals surface area contributed by atoms with Crippen LogP contribution in [0.4, 0.5) is 4.79 Å². The van der Waals surface area contributed by atoms with Crippen molar-refractivity contribution in [3.05, 3.63) is 53.5 Å². The van der Waals surface area contributed by atoms with E-state index in [4.69, 9.17) is 14.5 Å². The summed E-state index contributed by atoms with van der Waals surface area (Å²) in [6, 6.07) is 15.7. The van der Waals surface area contributed by atoms with Crippen LogP contribution in [0.2, 0.25) is 0 Å². The van der Waals surface area contributed by atoms with Crippen LogP contribution in [0.5, 0.6) is 11.5 Å². The lowest BCUT2D eigenvalue weighted by molar-refractivity contribution is 0.241. The standard InChI is InChI=1S/C22H25N3O3S/c1-4-23-22(26)24-14-13-19-25-20(15-5-9-17(27-2)10-6-15)21(29-19)16-7-11-18(28-3)12-8-16/h5-12H,4,13-14H2,1-3H3,(H2,23,24,26). The SMILES string of the molecule is CCNC(=O)NCCc1nc(-c2ccc(OC)cc2)c(-c2ccc(OC)cc2)s1. The molecule has 2 N–H and O–H groups in total. The molecule has 2 amide bonds. The van der Waals surface area contributed by atoms with Gasteiger partial charge in [0.1, 0.15) is 11.5 Å². The Bertz CT molecular complexity index is 872. The predicted octanol–water partition coefficient (Wildman–Crippen LogP) is 4.36. The van der Waals surface area contributed by atoms with Gasteiger partial charge in [0.25, 0.3) is 0 Å². The first-order chi connectivity index (χ1) is 14.1. The van der Waals surface area contributed by atoms with Crippen molar-refractivity contribution in [3.63, 3.8) is 0 Å². The van der Waals surface area contributed by atoms with Crippen molar-refractivity contribution >= 4 is 17.4 Å². The van der Waals surface area contributed by atoms with E-state index < -0.39 is 0 Å². The van der Waals surface area contributed by atoms with Crippen LogP contribution in [0.1, 0.15) is 11.9 Å². The lowest BCUT2D eigenvalue weighted by Crippen LogP contribution is -2.36. The fourth-order valence-electron chi connectivity index (χ4n) is 2.86. The molecule has 29 heavy (non-hydrogen) atoms. The van der Waals surface area contributed by atoms with Crippen LogP contribution < -0.4 is 20.1 Å². The molecule has 3 aromatic rings. The Labute approximate surface area is 174 Å². The maximum absolute atomic E-state index is 11.6. The molecule has 3 rings (SSSR count). The van der Waals surface area contributed by atoms with E-state index in [1.54, 1.807) is 25.6 Å². The number of thiazole rings is 1. The first kappa shape index (κ1) is 20.7. The molecule has 0 saturated carbocycles. The highest BCUT2D eigenvalue weighted by Crippen LogP contribution is 2.38. The number of methoxy groups -OCH3 is 2. The molecule has 0 unspecified atom stereocenters. The Morgan fingerprint density at radius 1 is 0.931 bits per heavy atom. The summed E-state index contributed by atoms with van der Waals surface area (Å²) >= 11 is 1.64. The number of urea groups is 1. The molecule has 2 aromatic carbocycles. The molecule has 0 spiro atoms. The van der Waals surface area contributed by atoms with Crippen molar-refractivity contribution in [2.24, 2.45) is 0 Å². The van der Waals surface area contributed by atoms with Crippen molar-refractivity contribution in [1.82, 2.24) is 15.6 Å². The highest BCUT2D eigenvalue weighted by atomic mass is 32.1. The maximum Gasteiger partial charge on any atom is 0.314 e. The van der Waals surface area contributed by atoms with Gasteiger partial charge in [-0.25, -0.2) is 9.78 Å². The second-order valence-corrected chi connectivity index (χ2v) is 7.36. The Morgan fingerprint density at radius 2 is 1.52 bits per heavy atom. The summed E-state index contributed by atoms with van der Waals surface area (Å²) in [4.78, 5) is 17.6. The van der Waals surface area contributed by atoms with Crippen LogP contribution in [-0.4, -0.2) is 38.3 Å². The topological polar surface area (TPSA) is 72.5 Å². The minimum atomic E-state index is -0.158.